The van der Waals surface area contributed by atoms with E-state index in [4.69, 9.17) is 0 Å². The van der Waals surface area contributed by atoms with E-state index in [1.54, 1.807) is 6.92 Å². The molecule has 4 nitrogen and oxygen atoms in total. The van der Waals surface area contributed by atoms with E-state index in [1.807, 2.05) is 12.2 Å². The van der Waals surface area contributed by atoms with Crippen molar-refractivity contribution in [3.63, 3.8) is 0 Å². The van der Waals surface area contributed by atoms with Crippen molar-refractivity contribution in [2.45, 2.75) is 13.3 Å². The summed E-state index contributed by atoms with van der Waals surface area (Å²) < 4.78 is 13.1. The number of carbonyl (C=O) groups excluding carboxylic acids is 1. The van der Waals surface area contributed by atoms with E-state index in [0.29, 0.717) is 11.3 Å². The Hall–Kier alpha value is -2.17. The predicted molar refractivity (Wildman–Crippen MR) is 75.1 cm³/mol. The number of hydrogen-bond acceptors (Lipinski definition) is 2. The highest BCUT2D eigenvalue weighted by atomic mass is 19.1. The molecule has 0 aliphatic heterocycles. The number of allylic oxidation sites excluding steroid dienone is 2. The Balaban J connectivity index is 1.82. The second-order valence-corrected chi connectivity index (χ2v) is 5.79. The van der Waals surface area contributed by atoms with Gasteiger partial charge in [0.1, 0.15) is 5.82 Å². The van der Waals surface area contributed by atoms with Crippen LogP contribution < -0.4 is 5.32 Å². The standard InChI is InChI=1S/C16H16FNO3/c1-8-6-11(17)4-5-12(8)18-15(19)13-9-2-3-10(7-9)14(13)16(20)21/h2-6,9-10,13-14H,7H2,1H3,(H,18,19)(H,20,21)/t9?,10?,13-,14+/m0/s1. The third kappa shape index (κ3) is 2.33. The summed E-state index contributed by atoms with van der Waals surface area (Å²) in [6.07, 6.45) is 4.56. The smallest absolute Gasteiger partial charge is 0.307 e. The van der Waals surface area contributed by atoms with Crippen LogP contribution in [0, 0.1) is 36.4 Å². The van der Waals surface area contributed by atoms with Crippen LogP contribution in [0.15, 0.2) is 30.4 Å². The lowest BCUT2D eigenvalue weighted by atomic mass is 9.82. The van der Waals surface area contributed by atoms with Crippen LogP contribution in [0.5, 0.6) is 0 Å². The number of carboxylic acid groups (broad SMARTS) is 1. The number of carbonyl (C=O) groups is 2. The van der Waals surface area contributed by atoms with Gasteiger partial charge in [0.2, 0.25) is 5.91 Å². The molecule has 5 heteroatoms. The summed E-state index contributed by atoms with van der Waals surface area (Å²) in [5.41, 5.74) is 1.14. The first-order chi connectivity index (χ1) is 9.97. The molecule has 0 aromatic heterocycles. The molecule has 2 bridgehead atoms. The molecule has 0 spiro atoms. The van der Waals surface area contributed by atoms with Crippen molar-refractivity contribution in [3.8, 4) is 0 Å². The van der Waals surface area contributed by atoms with Crippen molar-refractivity contribution in [1.82, 2.24) is 0 Å². The minimum atomic E-state index is -0.928. The first-order valence-corrected chi connectivity index (χ1v) is 6.95. The number of aryl methyl sites for hydroxylation is 1. The summed E-state index contributed by atoms with van der Waals surface area (Å²) in [6, 6.07) is 4.12. The summed E-state index contributed by atoms with van der Waals surface area (Å²) in [7, 11) is 0. The highest BCUT2D eigenvalue weighted by molar-refractivity contribution is 5.96. The lowest BCUT2D eigenvalue weighted by molar-refractivity contribution is -0.146. The highest BCUT2D eigenvalue weighted by Crippen LogP contribution is 2.48. The number of halogens is 1. The Bertz CT molecular complexity index is 640. The van der Waals surface area contributed by atoms with Crippen LogP contribution in [0.2, 0.25) is 0 Å². The molecule has 2 N–H and O–H groups in total. The molecule has 0 heterocycles. The minimum Gasteiger partial charge on any atom is -0.481 e. The largest absolute Gasteiger partial charge is 0.481 e. The van der Waals surface area contributed by atoms with Crippen molar-refractivity contribution in [2.75, 3.05) is 5.32 Å². The molecule has 1 saturated carbocycles. The maximum Gasteiger partial charge on any atom is 0.307 e. The lowest BCUT2D eigenvalue weighted by Crippen LogP contribution is -2.36. The molecule has 0 saturated heterocycles. The maximum atomic E-state index is 13.1. The topological polar surface area (TPSA) is 66.4 Å². The fourth-order valence-electron chi connectivity index (χ4n) is 3.50. The van der Waals surface area contributed by atoms with E-state index >= 15 is 0 Å². The number of benzene rings is 1. The zero-order valence-corrected chi connectivity index (χ0v) is 11.5. The zero-order chi connectivity index (χ0) is 15.1. The van der Waals surface area contributed by atoms with Gasteiger partial charge in [-0.1, -0.05) is 12.2 Å². The number of rotatable bonds is 3. The number of aliphatic carboxylic acids is 1. The Morgan fingerprint density at radius 2 is 1.90 bits per heavy atom. The molecule has 2 aliphatic rings. The van der Waals surface area contributed by atoms with Crippen molar-refractivity contribution in [3.05, 3.63) is 41.7 Å². The van der Waals surface area contributed by atoms with E-state index in [2.05, 4.69) is 5.32 Å². The van der Waals surface area contributed by atoms with Crippen molar-refractivity contribution < 1.29 is 19.1 Å². The molecule has 4 atom stereocenters. The van der Waals surface area contributed by atoms with Crippen LogP contribution in [0.3, 0.4) is 0 Å². The van der Waals surface area contributed by atoms with Gasteiger partial charge in [-0.05, 0) is 48.9 Å². The Kier molecular flexibility index (Phi) is 3.27. The van der Waals surface area contributed by atoms with E-state index in [-0.39, 0.29) is 23.6 Å². The highest BCUT2D eigenvalue weighted by Gasteiger charge is 2.51. The number of carboxylic acids is 1. The molecule has 0 radical (unpaired) electrons. The minimum absolute atomic E-state index is 0.0168. The molecular weight excluding hydrogens is 273 g/mol. The summed E-state index contributed by atoms with van der Waals surface area (Å²) in [5, 5.41) is 12.1. The number of amides is 1. The van der Waals surface area contributed by atoms with E-state index < -0.39 is 17.8 Å². The van der Waals surface area contributed by atoms with Gasteiger partial charge >= 0.3 is 5.97 Å². The second-order valence-electron chi connectivity index (χ2n) is 5.79. The SMILES string of the molecule is Cc1cc(F)ccc1NC(=O)[C@H]1C2C=CC(C2)[C@H]1C(=O)O. The van der Waals surface area contributed by atoms with Gasteiger partial charge in [-0.15, -0.1) is 0 Å². The fourth-order valence-corrected chi connectivity index (χ4v) is 3.50. The fraction of sp³-hybridized carbons (Fsp3) is 0.375. The van der Waals surface area contributed by atoms with Crippen LogP contribution >= 0.6 is 0 Å². The third-order valence-electron chi connectivity index (χ3n) is 4.49. The summed E-state index contributed by atoms with van der Waals surface area (Å²) in [6.45, 7) is 1.70. The molecule has 1 amide bonds. The number of nitrogens with one attached hydrogen (secondary N) is 1. The monoisotopic (exact) mass is 289 g/mol. The number of fused-ring (bicyclic) bond motifs is 2. The molecule has 1 fully saturated rings. The van der Waals surface area contributed by atoms with Gasteiger partial charge in [-0.2, -0.15) is 0 Å². The average Bonchev–Trinajstić information content (AvgIpc) is 3.02. The van der Waals surface area contributed by atoms with E-state index in [1.165, 1.54) is 18.2 Å². The maximum absolute atomic E-state index is 13.1. The van der Waals surface area contributed by atoms with E-state index in [9.17, 15) is 19.1 Å². The normalized spacial score (nSPS) is 29.6. The van der Waals surface area contributed by atoms with Gasteiger partial charge in [0.05, 0.1) is 11.8 Å². The van der Waals surface area contributed by atoms with Crippen LogP contribution in [-0.4, -0.2) is 17.0 Å². The van der Waals surface area contributed by atoms with E-state index in [0.717, 1.165) is 6.42 Å². The third-order valence-corrected chi connectivity index (χ3v) is 4.49. The van der Waals surface area contributed by atoms with Gasteiger partial charge in [0.25, 0.3) is 0 Å². The second kappa shape index (κ2) is 4.98. The summed E-state index contributed by atoms with van der Waals surface area (Å²) >= 11 is 0. The quantitative estimate of drug-likeness (QED) is 0.841. The van der Waals surface area contributed by atoms with Gasteiger partial charge < -0.3 is 10.4 Å². The number of hydrogen-bond donors (Lipinski definition) is 2. The molecule has 1 aromatic rings. The van der Waals surface area contributed by atoms with Crippen LogP contribution in [0.25, 0.3) is 0 Å². The van der Waals surface area contributed by atoms with Gasteiger partial charge in [-0.25, -0.2) is 4.39 Å². The molecule has 110 valence electrons. The predicted octanol–water partition coefficient (Wildman–Crippen LogP) is 2.60. The van der Waals surface area contributed by atoms with Crippen molar-refractivity contribution >= 4 is 17.6 Å². The Labute approximate surface area is 121 Å². The molecular formula is C16H16FNO3. The van der Waals surface area contributed by atoms with Gasteiger partial charge in [-0.3, -0.25) is 9.59 Å². The molecule has 2 unspecified atom stereocenters. The van der Waals surface area contributed by atoms with Crippen LogP contribution in [0.4, 0.5) is 10.1 Å². The average molecular weight is 289 g/mol. The Morgan fingerprint density at radius 1 is 1.24 bits per heavy atom. The molecule has 21 heavy (non-hydrogen) atoms. The van der Waals surface area contributed by atoms with Crippen LogP contribution in [0.1, 0.15) is 12.0 Å². The number of anilines is 1. The summed E-state index contributed by atoms with van der Waals surface area (Å²) in [5.74, 6) is -2.88. The van der Waals surface area contributed by atoms with Gasteiger partial charge in [0.15, 0.2) is 0 Å². The molecule has 1 aromatic carbocycles. The lowest BCUT2D eigenvalue weighted by Gasteiger charge is -2.24. The van der Waals surface area contributed by atoms with Crippen LogP contribution in [-0.2, 0) is 9.59 Å². The molecule has 2 aliphatic carbocycles. The Morgan fingerprint density at radius 3 is 2.52 bits per heavy atom. The van der Waals surface area contributed by atoms with Gasteiger partial charge in [0, 0.05) is 5.69 Å². The van der Waals surface area contributed by atoms with Crippen molar-refractivity contribution in [1.29, 1.82) is 0 Å². The first-order valence-electron chi connectivity index (χ1n) is 6.95. The zero-order valence-electron chi connectivity index (χ0n) is 11.5. The summed E-state index contributed by atoms with van der Waals surface area (Å²) in [4.78, 5) is 23.9. The first kappa shape index (κ1) is 13.8. The molecule has 3 rings (SSSR count). The van der Waals surface area contributed by atoms with Crippen molar-refractivity contribution in [2.24, 2.45) is 23.7 Å².